The van der Waals surface area contributed by atoms with E-state index in [0.29, 0.717) is 24.0 Å². The molecular weight excluding hydrogens is 274 g/mol. The third-order valence-corrected chi connectivity index (χ3v) is 2.95. The second kappa shape index (κ2) is 8.50. The van der Waals surface area contributed by atoms with E-state index in [9.17, 15) is 0 Å². The van der Waals surface area contributed by atoms with Crippen LogP contribution in [-0.4, -0.2) is 25.4 Å². The lowest BCUT2D eigenvalue weighted by atomic mass is 10.1. The number of benzene rings is 1. The molecule has 0 fully saturated rings. The fourth-order valence-corrected chi connectivity index (χ4v) is 1.85. The Bertz CT molecular complexity index is 402. The van der Waals surface area contributed by atoms with Gasteiger partial charge < -0.3 is 14.8 Å². The highest BCUT2D eigenvalue weighted by Gasteiger charge is 2.09. The predicted octanol–water partition coefficient (Wildman–Crippen LogP) is 4.03. The molecule has 0 aliphatic carbocycles. The van der Waals surface area contributed by atoms with Crippen LogP contribution in [0, 0.1) is 0 Å². The van der Waals surface area contributed by atoms with Crippen molar-refractivity contribution < 1.29 is 9.47 Å². The average molecular weight is 300 g/mol. The van der Waals surface area contributed by atoms with Gasteiger partial charge >= 0.3 is 0 Å². The fourth-order valence-electron chi connectivity index (χ4n) is 1.60. The van der Waals surface area contributed by atoms with Gasteiger partial charge in [-0.25, -0.2) is 0 Å². The Morgan fingerprint density at radius 1 is 1.15 bits per heavy atom. The van der Waals surface area contributed by atoms with E-state index in [0.717, 1.165) is 25.1 Å². The first-order valence-electron chi connectivity index (χ1n) is 7.16. The van der Waals surface area contributed by atoms with Crippen LogP contribution in [-0.2, 0) is 11.3 Å². The van der Waals surface area contributed by atoms with Crippen LogP contribution in [0.1, 0.15) is 39.7 Å². The summed E-state index contributed by atoms with van der Waals surface area (Å²) in [6.07, 6.45) is 1.02. The Hall–Kier alpha value is -0.770. The fraction of sp³-hybridized carbons (Fsp3) is 0.625. The summed E-state index contributed by atoms with van der Waals surface area (Å²) in [7, 11) is 0. The molecule has 0 atom stereocenters. The van der Waals surface area contributed by atoms with Crippen molar-refractivity contribution in [3.8, 4) is 5.75 Å². The van der Waals surface area contributed by atoms with Crippen molar-refractivity contribution in [2.75, 3.05) is 19.8 Å². The molecule has 1 aromatic rings. The highest BCUT2D eigenvalue weighted by molar-refractivity contribution is 6.32. The largest absolute Gasteiger partial charge is 0.490 e. The highest BCUT2D eigenvalue weighted by atomic mass is 35.5. The summed E-state index contributed by atoms with van der Waals surface area (Å²) in [5, 5.41) is 4.08. The summed E-state index contributed by atoms with van der Waals surface area (Å²) < 4.78 is 11.0. The zero-order valence-corrected chi connectivity index (χ0v) is 13.7. The van der Waals surface area contributed by atoms with Crippen molar-refractivity contribution in [1.82, 2.24) is 5.32 Å². The molecule has 0 aromatic heterocycles. The first-order chi connectivity index (χ1) is 9.42. The van der Waals surface area contributed by atoms with Crippen molar-refractivity contribution in [2.24, 2.45) is 0 Å². The molecule has 0 amide bonds. The van der Waals surface area contributed by atoms with E-state index in [1.165, 1.54) is 0 Å². The first-order valence-corrected chi connectivity index (χ1v) is 7.54. The molecule has 0 saturated carbocycles. The molecule has 0 radical (unpaired) electrons. The van der Waals surface area contributed by atoms with Gasteiger partial charge in [-0.1, -0.05) is 24.6 Å². The van der Waals surface area contributed by atoms with Crippen LogP contribution in [0.3, 0.4) is 0 Å². The summed E-state index contributed by atoms with van der Waals surface area (Å²) in [5.74, 6) is 0.714. The normalized spacial score (nSPS) is 11.7. The van der Waals surface area contributed by atoms with Gasteiger partial charge in [0, 0.05) is 18.7 Å². The molecule has 0 saturated heterocycles. The van der Waals surface area contributed by atoms with Crippen molar-refractivity contribution in [3.63, 3.8) is 0 Å². The molecule has 0 unspecified atom stereocenters. The van der Waals surface area contributed by atoms with E-state index in [2.05, 4.69) is 33.0 Å². The Morgan fingerprint density at radius 3 is 2.50 bits per heavy atom. The molecule has 1 aromatic carbocycles. The van der Waals surface area contributed by atoms with Gasteiger partial charge in [0.15, 0.2) is 0 Å². The van der Waals surface area contributed by atoms with Crippen molar-refractivity contribution in [1.29, 1.82) is 0 Å². The summed E-state index contributed by atoms with van der Waals surface area (Å²) in [6, 6.07) is 5.90. The standard InChI is InChI=1S/C16H26ClNO2/c1-5-8-19-9-10-20-15-7-6-13(11-14(15)17)12-18-16(2,3)4/h6-7,11,18H,5,8-10,12H2,1-4H3. The van der Waals surface area contributed by atoms with Gasteiger partial charge in [-0.3, -0.25) is 0 Å². The lowest BCUT2D eigenvalue weighted by molar-refractivity contribution is 0.101. The van der Waals surface area contributed by atoms with E-state index in [4.69, 9.17) is 21.1 Å². The molecule has 0 aliphatic rings. The third kappa shape index (κ3) is 7.13. The van der Waals surface area contributed by atoms with Crippen molar-refractivity contribution in [3.05, 3.63) is 28.8 Å². The SMILES string of the molecule is CCCOCCOc1ccc(CNC(C)(C)C)cc1Cl. The zero-order valence-electron chi connectivity index (χ0n) is 13.0. The smallest absolute Gasteiger partial charge is 0.138 e. The summed E-state index contributed by atoms with van der Waals surface area (Å²) in [5.41, 5.74) is 1.25. The van der Waals surface area contributed by atoms with Crippen LogP contribution in [0.4, 0.5) is 0 Å². The van der Waals surface area contributed by atoms with Crippen LogP contribution in [0.2, 0.25) is 5.02 Å². The van der Waals surface area contributed by atoms with Crippen LogP contribution >= 0.6 is 11.6 Å². The molecule has 0 heterocycles. The molecule has 3 nitrogen and oxygen atoms in total. The van der Waals surface area contributed by atoms with Gasteiger partial charge in [0.2, 0.25) is 0 Å². The third-order valence-electron chi connectivity index (χ3n) is 2.65. The molecular formula is C16H26ClNO2. The van der Waals surface area contributed by atoms with Gasteiger partial charge in [0.05, 0.1) is 11.6 Å². The maximum atomic E-state index is 6.23. The maximum Gasteiger partial charge on any atom is 0.138 e. The van der Waals surface area contributed by atoms with E-state index in [-0.39, 0.29) is 5.54 Å². The van der Waals surface area contributed by atoms with Gasteiger partial charge in [0.25, 0.3) is 0 Å². The minimum atomic E-state index is 0.0955. The number of halogens is 1. The Labute approximate surface area is 127 Å². The maximum absolute atomic E-state index is 6.23. The number of nitrogens with one attached hydrogen (secondary N) is 1. The minimum Gasteiger partial charge on any atom is -0.490 e. The molecule has 0 spiro atoms. The predicted molar refractivity (Wildman–Crippen MR) is 84.6 cm³/mol. The minimum absolute atomic E-state index is 0.0955. The van der Waals surface area contributed by atoms with Gasteiger partial charge in [-0.15, -0.1) is 0 Å². The molecule has 114 valence electrons. The van der Waals surface area contributed by atoms with Gasteiger partial charge in [-0.05, 0) is 44.9 Å². The Balaban J connectivity index is 2.43. The van der Waals surface area contributed by atoms with Gasteiger partial charge in [-0.2, -0.15) is 0 Å². The van der Waals surface area contributed by atoms with E-state index >= 15 is 0 Å². The Kier molecular flexibility index (Phi) is 7.35. The molecule has 0 aliphatic heterocycles. The number of hydrogen-bond donors (Lipinski definition) is 1. The molecule has 4 heteroatoms. The zero-order chi connectivity index (χ0) is 15.0. The molecule has 0 bridgehead atoms. The second-order valence-corrected chi connectivity index (χ2v) is 6.24. The van der Waals surface area contributed by atoms with Crippen molar-refractivity contribution in [2.45, 2.75) is 46.2 Å². The Morgan fingerprint density at radius 2 is 1.90 bits per heavy atom. The number of ether oxygens (including phenoxy) is 2. The molecule has 20 heavy (non-hydrogen) atoms. The highest BCUT2D eigenvalue weighted by Crippen LogP contribution is 2.25. The molecule has 1 N–H and O–H groups in total. The van der Waals surface area contributed by atoms with Crippen LogP contribution < -0.4 is 10.1 Å². The summed E-state index contributed by atoms with van der Waals surface area (Å²) in [4.78, 5) is 0. The number of hydrogen-bond acceptors (Lipinski definition) is 3. The monoisotopic (exact) mass is 299 g/mol. The van der Waals surface area contributed by atoms with E-state index in [1.807, 2.05) is 18.2 Å². The first kappa shape index (κ1) is 17.3. The van der Waals surface area contributed by atoms with E-state index < -0.39 is 0 Å². The quantitative estimate of drug-likeness (QED) is 0.735. The summed E-state index contributed by atoms with van der Waals surface area (Å²) >= 11 is 6.23. The lowest BCUT2D eigenvalue weighted by Crippen LogP contribution is -2.35. The second-order valence-electron chi connectivity index (χ2n) is 5.83. The van der Waals surface area contributed by atoms with Crippen molar-refractivity contribution >= 4 is 11.6 Å². The van der Waals surface area contributed by atoms with Crippen LogP contribution in [0.15, 0.2) is 18.2 Å². The van der Waals surface area contributed by atoms with E-state index in [1.54, 1.807) is 0 Å². The summed E-state index contributed by atoms with van der Waals surface area (Å²) in [6.45, 7) is 11.2. The molecule has 1 rings (SSSR count). The lowest BCUT2D eigenvalue weighted by Gasteiger charge is -2.20. The average Bonchev–Trinajstić information content (AvgIpc) is 2.37. The van der Waals surface area contributed by atoms with Gasteiger partial charge in [0.1, 0.15) is 12.4 Å². The topological polar surface area (TPSA) is 30.5 Å². The number of rotatable bonds is 8. The van der Waals surface area contributed by atoms with Crippen LogP contribution in [0.25, 0.3) is 0 Å². The van der Waals surface area contributed by atoms with Crippen LogP contribution in [0.5, 0.6) is 5.75 Å².